The van der Waals surface area contributed by atoms with Gasteiger partial charge in [0.2, 0.25) is 5.88 Å². The second kappa shape index (κ2) is 8.70. The number of pyridine rings is 1. The lowest BCUT2D eigenvalue weighted by molar-refractivity contribution is 0.296. The minimum atomic E-state index is 0.652. The standard InChI is InChI=1S/C15H24N2O/c1-4-5-6-10-18-15-14(8-7-9-17-15)12-16-11-13(2)3/h4,7-9,13,16H,1,5-6,10-12H2,2-3H3. The molecule has 0 aliphatic heterocycles. The first-order valence-electron chi connectivity index (χ1n) is 6.62. The van der Waals surface area contributed by atoms with Gasteiger partial charge >= 0.3 is 0 Å². The Balaban J connectivity index is 2.43. The van der Waals surface area contributed by atoms with Gasteiger partial charge < -0.3 is 10.1 Å². The summed E-state index contributed by atoms with van der Waals surface area (Å²) in [5, 5.41) is 3.41. The highest BCUT2D eigenvalue weighted by molar-refractivity contribution is 5.25. The Morgan fingerprint density at radius 3 is 3.06 bits per heavy atom. The van der Waals surface area contributed by atoms with Crippen molar-refractivity contribution in [2.75, 3.05) is 13.2 Å². The van der Waals surface area contributed by atoms with E-state index in [-0.39, 0.29) is 0 Å². The Hall–Kier alpha value is -1.35. The van der Waals surface area contributed by atoms with Crippen molar-refractivity contribution in [2.24, 2.45) is 5.92 Å². The number of unbranched alkanes of at least 4 members (excludes halogenated alkanes) is 1. The molecule has 1 aromatic rings. The van der Waals surface area contributed by atoms with E-state index in [9.17, 15) is 0 Å². The van der Waals surface area contributed by atoms with Crippen molar-refractivity contribution in [3.8, 4) is 5.88 Å². The zero-order chi connectivity index (χ0) is 13.2. The van der Waals surface area contributed by atoms with Crippen LogP contribution in [0.5, 0.6) is 5.88 Å². The van der Waals surface area contributed by atoms with E-state index in [4.69, 9.17) is 4.74 Å². The fraction of sp³-hybridized carbons (Fsp3) is 0.533. The molecular formula is C15H24N2O. The Morgan fingerprint density at radius 1 is 1.50 bits per heavy atom. The van der Waals surface area contributed by atoms with E-state index in [2.05, 4.69) is 36.8 Å². The van der Waals surface area contributed by atoms with Crippen LogP contribution in [0, 0.1) is 5.92 Å². The number of ether oxygens (including phenoxy) is 1. The summed E-state index contributed by atoms with van der Waals surface area (Å²) in [6.07, 6.45) is 5.65. The van der Waals surface area contributed by atoms with E-state index in [1.54, 1.807) is 6.20 Å². The molecule has 0 unspecified atom stereocenters. The Morgan fingerprint density at radius 2 is 2.33 bits per heavy atom. The van der Waals surface area contributed by atoms with Gasteiger partial charge in [0.1, 0.15) is 0 Å². The predicted octanol–water partition coefficient (Wildman–Crippen LogP) is 3.17. The summed E-state index contributed by atoms with van der Waals surface area (Å²) in [5.41, 5.74) is 1.12. The molecule has 0 radical (unpaired) electrons. The summed E-state index contributed by atoms with van der Waals surface area (Å²) in [6, 6.07) is 4.01. The first-order valence-corrected chi connectivity index (χ1v) is 6.62. The lowest BCUT2D eigenvalue weighted by Crippen LogP contribution is -2.19. The first-order chi connectivity index (χ1) is 8.74. The predicted molar refractivity (Wildman–Crippen MR) is 75.7 cm³/mol. The summed E-state index contributed by atoms with van der Waals surface area (Å²) in [5.74, 6) is 1.40. The molecule has 0 aliphatic carbocycles. The smallest absolute Gasteiger partial charge is 0.217 e. The third-order valence-electron chi connectivity index (χ3n) is 2.51. The Labute approximate surface area is 110 Å². The molecule has 3 heteroatoms. The molecule has 0 saturated carbocycles. The highest BCUT2D eigenvalue weighted by Crippen LogP contribution is 2.14. The first kappa shape index (κ1) is 14.7. The molecule has 1 rings (SSSR count). The van der Waals surface area contributed by atoms with Crippen molar-refractivity contribution < 1.29 is 4.74 Å². The number of nitrogens with zero attached hydrogens (tertiary/aromatic N) is 1. The van der Waals surface area contributed by atoms with E-state index in [1.807, 2.05) is 12.1 Å². The van der Waals surface area contributed by atoms with Crippen molar-refractivity contribution in [1.29, 1.82) is 0 Å². The van der Waals surface area contributed by atoms with Crippen LogP contribution in [0.25, 0.3) is 0 Å². The molecule has 0 spiro atoms. The van der Waals surface area contributed by atoms with Gasteiger partial charge in [0.05, 0.1) is 6.61 Å². The summed E-state index contributed by atoms with van der Waals surface area (Å²) >= 11 is 0. The van der Waals surface area contributed by atoms with E-state index in [0.717, 1.165) is 37.4 Å². The van der Waals surface area contributed by atoms with Crippen LogP contribution in [0.3, 0.4) is 0 Å². The van der Waals surface area contributed by atoms with Gasteiger partial charge in [-0.25, -0.2) is 4.98 Å². The third kappa shape index (κ3) is 5.82. The molecule has 0 atom stereocenters. The lowest BCUT2D eigenvalue weighted by Gasteiger charge is -2.11. The van der Waals surface area contributed by atoms with Gasteiger partial charge in [-0.05, 0) is 31.4 Å². The van der Waals surface area contributed by atoms with Crippen LogP contribution in [0.4, 0.5) is 0 Å². The monoisotopic (exact) mass is 248 g/mol. The van der Waals surface area contributed by atoms with Gasteiger partial charge in [0, 0.05) is 18.3 Å². The number of hydrogen-bond donors (Lipinski definition) is 1. The fourth-order valence-corrected chi connectivity index (χ4v) is 1.58. The quantitative estimate of drug-likeness (QED) is 0.538. The van der Waals surface area contributed by atoms with Gasteiger partial charge in [0.15, 0.2) is 0 Å². The lowest BCUT2D eigenvalue weighted by atomic mass is 10.2. The number of rotatable bonds is 9. The van der Waals surface area contributed by atoms with Crippen molar-refractivity contribution in [3.05, 3.63) is 36.5 Å². The van der Waals surface area contributed by atoms with E-state index < -0.39 is 0 Å². The van der Waals surface area contributed by atoms with Crippen LogP contribution in [0.2, 0.25) is 0 Å². The van der Waals surface area contributed by atoms with Crippen LogP contribution < -0.4 is 10.1 Å². The largest absolute Gasteiger partial charge is 0.477 e. The van der Waals surface area contributed by atoms with E-state index in [1.165, 1.54) is 0 Å². The highest BCUT2D eigenvalue weighted by atomic mass is 16.5. The van der Waals surface area contributed by atoms with Gasteiger partial charge in [0.25, 0.3) is 0 Å². The normalized spacial score (nSPS) is 10.6. The van der Waals surface area contributed by atoms with Crippen LogP contribution in [-0.4, -0.2) is 18.1 Å². The summed E-state index contributed by atoms with van der Waals surface area (Å²) < 4.78 is 5.70. The molecule has 3 nitrogen and oxygen atoms in total. The van der Waals surface area contributed by atoms with Gasteiger partial charge in [-0.1, -0.05) is 26.0 Å². The average molecular weight is 248 g/mol. The SMILES string of the molecule is C=CCCCOc1ncccc1CNCC(C)C. The molecule has 0 aromatic carbocycles. The molecule has 0 bridgehead atoms. The van der Waals surface area contributed by atoms with Crippen molar-refractivity contribution in [3.63, 3.8) is 0 Å². The van der Waals surface area contributed by atoms with Crippen molar-refractivity contribution in [1.82, 2.24) is 10.3 Å². The molecule has 0 amide bonds. The van der Waals surface area contributed by atoms with Crippen molar-refractivity contribution in [2.45, 2.75) is 33.2 Å². The summed E-state index contributed by atoms with van der Waals surface area (Å²) in [7, 11) is 0. The Kier molecular flexibility index (Phi) is 7.11. The molecule has 0 saturated heterocycles. The summed E-state index contributed by atoms with van der Waals surface area (Å²) in [4.78, 5) is 4.29. The van der Waals surface area contributed by atoms with E-state index >= 15 is 0 Å². The number of nitrogens with one attached hydrogen (secondary N) is 1. The topological polar surface area (TPSA) is 34.1 Å². The summed E-state index contributed by atoms with van der Waals surface area (Å²) in [6.45, 7) is 10.6. The number of aromatic nitrogens is 1. The van der Waals surface area contributed by atoms with Gasteiger partial charge in [-0.3, -0.25) is 0 Å². The number of allylic oxidation sites excluding steroid dienone is 1. The fourth-order valence-electron chi connectivity index (χ4n) is 1.58. The van der Waals surface area contributed by atoms with Gasteiger partial charge in [-0.2, -0.15) is 0 Å². The molecular weight excluding hydrogens is 224 g/mol. The van der Waals surface area contributed by atoms with Crippen LogP contribution in [0.1, 0.15) is 32.3 Å². The highest BCUT2D eigenvalue weighted by Gasteiger charge is 2.04. The van der Waals surface area contributed by atoms with Crippen molar-refractivity contribution >= 4 is 0 Å². The average Bonchev–Trinajstić information content (AvgIpc) is 2.36. The molecule has 1 aromatic heterocycles. The van der Waals surface area contributed by atoms with Crippen LogP contribution in [-0.2, 0) is 6.54 Å². The third-order valence-corrected chi connectivity index (χ3v) is 2.51. The minimum Gasteiger partial charge on any atom is -0.477 e. The zero-order valence-electron chi connectivity index (χ0n) is 11.5. The van der Waals surface area contributed by atoms with E-state index in [0.29, 0.717) is 12.5 Å². The maximum Gasteiger partial charge on any atom is 0.217 e. The molecule has 1 N–H and O–H groups in total. The number of hydrogen-bond acceptors (Lipinski definition) is 3. The maximum absolute atomic E-state index is 5.70. The van der Waals surface area contributed by atoms with Gasteiger partial charge in [-0.15, -0.1) is 6.58 Å². The minimum absolute atomic E-state index is 0.652. The van der Waals surface area contributed by atoms with Crippen LogP contribution in [0.15, 0.2) is 31.0 Å². The second-order valence-corrected chi connectivity index (χ2v) is 4.77. The zero-order valence-corrected chi connectivity index (χ0v) is 11.5. The molecule has 0 aliphatic rings. The molecule has 0 fully saturated rings. The molecule has 1 heterocycles. The molecule has 100 valence electrons. The maximum atomic E-state index is 5.70. The van der Waals surface area contributed by atoms with Crippen LogP contribution >= 0.6 is 0 Å². The second-order valence-electron chi connectivity index (χ2n) is 4.77. The Bertz CT molecular complexity index is 350. The molecule has 18 heavy (non-hydrogen) atoms.